The number of thiophene rings is 1. The minimum absolute atomic E-state index is 0.294. The van der Waals surface area contributed by atoms with Crippen LogP contribution in [0.2, 0.25) is 0 Å². The van der Waals surface area contributed by atoms with Gasteiger partial charge in [0.15, 0.2) is 6.61 Å². The Labute approximate surface area is 206 Å². The Morgan fingerprint density at radius 1 is 1.26 bits per heavy atom. The lowest BCUT2D eigenvalue weighted by molar-refractivity contribution is -0.147. The zero-order valence-electron chi connectivity index (χ0n) is 19.8. The summed E-state index contributed by atoms with van der Waals surface area (Å²) >= 11 is 1.36. The molecule has 0 saturated heterocycles. The number of ether oxygens (including phenoxy) is 2. The summed E-state index contributed by atoms with van der Waals surface area (Å²) in [5.41, 5.74) is 1.93. The van der Waals surface area contributed by atoms with Crippen LogP contribution in [0.15, 0.2) is 35.3 Å². The van der Waals surface area contributed by atoms with Crippen LogP contribution in [0.4, 0.5) is 5.00 Å². The Balaban J connectivity index is 1.45. The minimum Gasteiger partial charge on any atom is -0.459 e. The third-order valence-corrected chi connectivity index (χ3v) is 6.89. The van der Waals surface area contributed by atoms with Gasteiger partial charge in [-0.25, -0.2) is 9.78 Å². The van der Waals surface area contributed by atoms with Crippen LogP contribution in [0, 0.1) is 5.92 Å². The van der Waals surface area contributed by atoms with E-state index in [0.29, 0.717) is 27.5 Å². The van der Waals surface area contributed by atoms with Crippen molar-refractivity contribution in [2.75, 3.05) is 11.9 Å². The monoisotopic (exact) mass is 497 g/mol. The van der Waals surface area contributed by atoms with Gasteiger partial charge in [0.2, 0.25) is 0 Å². The molecule has 0 saturated carbocycles. The van der Waals surface area contributed by atoms with Crippen LogP contribution < -0.4 is 10.9 Å². The number of benzene rings is 1. The highest BCUT2D eigenvalue weighted by Gasteiger charge is 2.29. The number of hydrogen-bond acceptors (Lipinski definition) is 8. The van der Waals surface area contributed by atoms with Gasteiger partial charge in [0.1, 0.15) is 11.5 Å². The van der Waals surface area contributed by atoms with E-state index in [1.165, 1.54) is 15.9 Å². The number of fused-ring (bicyclic) bond motifs is 2. The molecule has 1 amide bonds. The Kier molecular flexibility index (Phi) is 7.30. The number of rotatable bonds is 7. The van der Waals surface area contributed by atoms with Crippen LogP contribution in [0.1, 0.15) is 48.0 Å². The lowest BCUT2D eigenvalue weighted by atomic mass is 9.88. The summed E-state index contributed by atoms with van der Waals surface area (Å²) in [7, 11) is 0. The van der Waals surface area contributed by atoms with E-state index in [1.807, 2.05) is 0 Å². The molecular formula is C25H27N3O6S. The molecule has 10 heteroatoms. The van der Waals surface area contributed by atoms with Crippen LogP contribution in [-0.4, -0.2) is 40.1 Å². The normalized spacial score (nSPS) is 15.0. The predicted octanol–water partition coefficient (Wildman–Crippen LogP) is 3.33. The van der Waals surface area contributed by atoms with Gasteiger partial charge in [-0.3, -0.25) is 19.0 Å². The quantitative estimate of drug-likeness (QED) is 0.498. The summed E-state index contributed by atoms with van der Waals surface area (Å²) in [6.07, 6.45) is 3.38. The molecule has 0 radical (unpaired) electrons. The van der Waals surface area contributed by atoms with Gasteiger partial charge in [-0.2, -0.15) is 0 Å². The van der Waals surface area contributed by atoms with Gasteiger partial charge in [-0.15, -0.1) is 11.3 Å². The standard InChI is InChI=1S/C25H27N3O6S/c1-14(2)34-25(32)23-16-9-8-15(3)10-19(16)35-24(23)27-20(29)13-33-22(31)12-28-18-7-5-4-6-17(18)26-11-21(28)30/h4-7,11,14-15H,8-10,12-13H2,1-3H3,(H,27,29). The fourth-order valence-electron chi connectivity index (χ4n) is 4.09. The zero-order valence-corrected chi connectivity index (χ0v) is 20.6. The fourth-order valence-corrected chi connectivity index (χ4v) is 5.50. The number of nitrogens with zero attached hydrogens (tertiary/aromatic N) is 2. The molecule has 0 aliphatic heterocycles. The molecule has 35 heavy (non-hydrogen) atoms. The number of esters is 2. The van der Waals surface area contributed by atoms with Gasteiger partial charge in [0.25, 0.3) is 11.5 Å². The Bertz CT molecular complexity index is 1340. The van der Waals surface area contributed by atoms with Gasteiger partial charge in [0, 0.05) is 4.88 Å². The number of hydrogen-bond donors (Lipinski definition) is 1. The van der Waals surface area contributed by atoms with Crippen molar-refractivity contribution in [1.29, 1.82) is 0 Å². The molecule has 0 bridgehead atoms. The molecule has 1 aliphatic carbocycles. The molecule has 1 atom stereocenters. The maximum absolute atomic E-state index is 12.8. The molecule has 0 fully saturated rings. The summed E-state index contributed by atoms with van der Waals surface area (Å²) in [6.45, 7) is 4.80. The molecule has 2 aromatic heterocycles. The number of nitrogens with one attached hydrogen (secondary N) is 1. The number of aromatic nitrogens is 2. The van der Waals surface area contributed by atoms with Crippen LogP contribution in [0.3, 0.4) is 0 Å². The molecule has 2 heterocycles. The van der Waals surface area contributed by atoms with Crippen LogP contribution in [-0.2, 0) is 38.4 Å². The van der Waals surface area contributed by atoms with Crippen molar-refractivity contribution in [3.63, 3.8) is 0 Å². The first kappa shape index (κ1) is 24.6. The molecule has 0 spiro atoms. The van der Waals surface area contributed by atoms with E-state index in [4.69, 9.17) is 9.47 Å². The molecular weight excluding hydrogens is 470 g/mol. The second-order valence-electron chi connectivity index (χ2n) is 8.89. The number of carbonyl (C=O) groups is 3. The molecule has 184 valence electrons. The average Bonchev–Trinajstić information content (AvgIpc) is 3.16. The van der Waals surface area contributed by atoms with E-state index in [2.05, 4.69) is 17.2 Å². The molecule has 9 nitrogen and oxygen atoms in total. The van der Waals surface area contributed by atoms with Gasteiger partial charge in [0.05, 0.1) is 28.9 Å². The minimum atomic E-state index is -0.739. The van der Waals surface area contributed by atoms with Gasteiger partial charge >= 0.3 is 11.9 Å². The van der Waals surface area contributed by atoms with E-state index < -0.39 is 30.0 Å². The number of carbonyl (C=O) groups excluding carboxylic acids is 3. The Morgan fingerprint density at radius 3 is 2.80 bits per heavy atom. The highest BCUT2D eigenvalue weighted by molar-refractivity contribution is 7.17. The molecule has 4 rings (SSSR count). The van der Waals surface area contributed by atoms with E-state index in [1.54, 1.807) is 38.1 Å². The summed E-state index contributed by atoms with van der Waals surface area (Å²) in [5.74, 6) is -1.29. The van der Waals surface area contributed by atoms with E-state index in [0.717, 1.165) is 35.9 Å². The molecule has 1 N–H and O–H groups in total. The first-order chi connectivity index (χ1) is 16.7. The lowest BCUT2D eigenvalue weighted by Gasteiger charge is -2.18. The summed E-state index contributed by atoms with van der Waals surface area (Å²) in [6, 6.07) is 6.93. The van der Waals surface area contributed by atoms with Crippen molar-refractivity contribution in [3.8, 4) is 0 Å². The Morgan fingerprint density at radius 2 is 2.03 bits per heavy atom. The Hall–Kier alpha value is -3.53. The van der Waals surface area contributed by atoms with Crippen molar-refractivity contribution in [1.82, 2.24) is 9.55 Å². The second-order valence-corrected chi connectivity index (χ2v) is 10.00. The summed E-state index contributed by atoms with van der Waals surface area (Å²) in [5, 5.41) is 3.13. The predicted molar refractivity (Wildman–Crippen MR) is 132 cm³/mol. The number of amides is 1. The van der Waals surface area contributed by atoms with Crippen LogP contribution in [0.25, 0.3) is 11.0 Å². The van der Waals surface area contributed by atoms with Crippen molar-refractivity contribution >= 4 is 45.2 Å². The summed E-state index contributed by atoms with van der Waals surface area (Å²) < 4.78 is 11.8. The van der Waals surface area contributed by atoms with Gasteiger partial charge in [-0.1, -0.05) is 19.1 Å². The number of anilines is 1. The van der Waals surface area contributed by atoms with Crippen molar-refractivity contribution in [2.45, 2.75) is 52.7 Å². The van der Waals surface area contributed by atoms with Crippen molar-refractivity contribution in [2.24, 2.45) is 5.92 Å². The van der Waals surface area contributed by atoms with E-state index >= 15 is 0 Å². The lowest BCUT2D eigenvalue weighted by Crippen LogP contribution is -2.28. The highest BCUT2D eigenvalue weighted by atomic mass is 32.1. The first-order valence-corrected chi connectivity index (χ1v) is 12.3. The third-order valence-electron chi connectivity index (χ3n) is 5.72. The van der Waals surface area contributed by atoms with E-state index in [9.17, 15) is 19.2 Å². The van der Waals surface area contributed by atoms with E-state index in [-0.39, 0.29) is 12.6 Å². The maximum Gasteiger partial charge on any atom is 0.341 e. The van der Waals surface area contributed by atoms with Crippen LogP contribution in [0.5, 0.6) is 0 Å². The SMILES string of the molecule is CC1CCc2c(sc(NC(=O)COC(=O)Cn3c(=O)cnc4ccccc43)c2C(=O)OC(C)C)C1. The highest BCUT2D eigenvalue weighted by Crippen LogP contribution is 2.40. The zero-order chi connectivity index (χ0) is 25.1. The smallest absolute Gasteiger partial charge is 0.341 e. The van der Waals surface area contributed by atoms with Gasteiger partial charge in [-0.05, 0) is 56.7 Å². The topological polar surface area (TPSA) is 117 Å². The second kappa shape index (κ2) is 10.4. The fraction of sp³-hybridized carbons (Fsp3) is 0.400. The molecule has 1 aromatic carbocycles. The van der Waals surface area contributed by atoms with Crippen LogP contribution >= 0.6 is 11.3 Å². The third kappa shape index (κ3) is 5.59. The summed E-state index contributed by atoms with van der Waals surface area (Å²) in [4.78, 5) is 55.1. The largest absolute Gasteiger partial charge is 0.459 e. The molecule has 1 aliphatic rings. The average molecular weight is 498 g/mol. The maximum atomic E-state index is 12.8. The van der Waals surface area contributed by atoms with Gasteiger partial charge < -0.3 is 14.8 Å². The molecule has 1 unspecified atom stereocenters. The number of para-hydroxylation sites is 2. The van der Waals surface area contributed by atoms with Crippen molar-refractivity contribution in [3.05, 3.63) is 56.8 Å². The molecule has 3 aromatic rings. The first-order valence-electron chi connectivity index (χ1n) is 11.5. The van der Waals surface area contributed by atoms with Crippen molar-refractivity contribution < 1.29 is 23.9 Å².